The van der Waals surface area contributed by atoms with Gasteiger partial charge in [-0.2, -0.15) is 0 Å². The van der Waals surface area contributed by atoms with Crippen LogP contribution in [0.2, 0.25) is 0 Å². The molecule has 0 aliphatic rings. The molecule has 128 valence electrons. The summed E-state index contributed by atoms with van der Waals surface area (Å²) in [4.78, 5) is 17.1. The van der Waals surface area contributed by atoms with E-state index in [9.17, 15) is 4.79 Å². The average Bonchev–Trinajstić information content (AvgIpc) is 2.61. The van der Waals surface area contributed by atoms with Gasteiger partial charge >= 0.3 is 0 Å². The van der Waals surface area contributed by atoms with Gasteiger partial charge in [0.1, 0.15) is 5.75 Å². The minimum absolute atomic E-state index is 0.116. The van der Waals surface area contributed by atoms with Crippen molar-refractivity contribution in [2.24, 2.45) is 0 Å². The number of amides is 1. The van der Waals surface area contributed by atoms with Gasteiger partial charge in [-0.05, 0) is 62.7 Å². The van der Waals surface area contributed by atoms with Crippen LogP contribution in [0.3, 0.4) is 0 Å². The topological polar surface area (TPSA) is 51.2 Å². The molecule has 3 rings (SSSR count). The highest BCUT2D eigenvalue weighted by Crippen LogP contribution is 2.23. The van der Waals surface area contributed by atoms with E-state index in [2.05, 4.69) is 17.2 Å². The molecule has 0 aliphatic carbocycles. The van der Waals surface area contributed by atoms with E-state index in [4.69, 9.17) is 4.74 Å². The number of benzene rings is 2. The van der Waals surface area contributed by atoms with Gasteiger partial charge in [0.05, 0.1) is 17.3 Å². The predicted molar refractivity (Wildman–Crippen MR) is 101 cm³/mol. The number of carbonyl (C=O) groups excluding carboxylic acids is 1. The van der Waals surface area contributed by atoms with Crippen LogP contribution in [0.5, 0.6) is 5.75 Å². The Kier molecular flexibility index (Phi) is 4.98. The van der Waals surface area contributed by atoms with E-state index in [1.807, 2.05) is 56.3 Å². The fourth-order valence-corrected chi connectivity index (χ4v) is 2.59. The first-order valence-corrected chi connectivity index (χ1v) is 8.51. The maximum absolute atomic E-state index is 12.6. The summed E-state index contributed by atoms with van der Waals surface area (Å²) in [6, 6.07) is 16.9. The third-order valence-electron chi connectivity index (χ3n) is 4.13. The zero-order valence-electron chi connectivity index (χ0n) is 14.7. The highest BCUT2D eigenvalue weighted by atomic mass is 16.5. The Hall–Kier alpha value is -2.88. The molecule has 0 saturated heterocycles. The average molecular weight is 334 g/mol. The Balaban J connectivity index is 1.84. The van der Waals surface area contributed by atoms with Crippen LogP contribution in [-0.4, -0.2) is 17.0 Å². The van der Waals surface area contributed by atoms with Crippen LogP contribution in [0.4, 0.5) is 5.69 Å². The zero-order valence-corrected chi connectivity index (χ0v) is 14.7. The third-order valence-corrected chi connectivity index (χ3v) is 4.13. The number of pyridine rings is 1. The molecule has 0 fully saturated rings. The molecule has 2 aromatic carbocycles. The summed E-state index contributed by atoms with van der Waals surface area (Å²) in [5.41, 5.74) is 3.14. The molecule has 1 N–H and O–H groups in total. The number of hydrogen-bond acceptors (Lipinski definition) is 3. The number of ether oxygens (including phenoxy) is 1. The molecule has 3 aromatic rings. The monoisotopic (exact) mass is 334 g/mol. The molecule has 0 bridgehead atoms. The fraction of sp³-hybridized carbons (Fsp3) is 0.238. The normalized spacial score (nSPS) is 12.0. The Morgan fingerprint density at radius 2 is 1.96 bits per heavy atom. The lowest BCUT2D eigenvalue weighted by Gasteiger charge is -2.13. The van der Waals surface area contributed by atoms with Gasteiger partial charge in [-0.25, -0.2) is 0 Å². The van der Waals surface area contributed by atoms with Crippen molar-refractivity contribution in [1.29, 1.82) is 0 Å². The van der Waals surface area contributed by atoms with Gasteiger partial charge in [-0.15, -0.1) is 0 Å². The number of carbonyl (C=O) groups is 1. The van der Waals surface area contributed by atoms with E-state index in [-0.39, 0.29) is 12.0 Å². The Morgan fingerprint density at radius 1 is 1.16 bits per heavy atom. The summed E-state index contributed by atoms with van der Waals surface area (Å²) in [6.07, 6.45) is 1.03. The van der Waals surface area contributed by atoms with Crippen LogP contribution in [0.15, 0.2) is 54.6 Å². The molecule has 0 saturated carbocycles. The van der Waals surface area contributed by atoms with Crippen LogP contribution in [0, 0.1) is 6.92 Å². The van der Waals surface area contributed by atoms with Crippen LogP contribution in [0.25, 0.3) is 10.9 Å². The van der Waals surface area contributed by atoms with E-state index in [1.54, 1.807) is 12.1 Å². The van der Waals surface area contributed by atoms with Crippen molar-refractivity contribution in [3.8, 4) is 5.75 Å². The van der Waals surface area contributed by atoms with E-state index < -0.39 is 0 Å². The first kappa shape index (κ1) is 17.0. The summed E-state index contributed by atoms with van der Waals surface area (Å²) < 4.78 is 5.80. The van der Waals surface area contributed by atoms with Gasteiger partial charge < -0.3 is 10.1 Å². The largest absolute Gasteiger partial charge is 0.491 e. The van der Waals surface area contributed by atoms with Crippen LogP contribution in [-0.2, 0) is 0 Å². The van der Waals surface area contributed by atoms with Gasteiger partial charge in [-0.3, -0.25) is 9.78 Å². The third kappa shape index (κ3) is 3.97. The highest BCUT2D eigenvalue weighted by Gasteiger charge is 2.11. The molecule has 1 amide bonds. The van der Waals surface area contributed by atoms with Gasteiger partial charge in [-0.1, -0.05) is 19.1 Å². The van der Waals surface area contributed by atoms with E-state index in [0.717, 1.165) is 28.7 Å². The summed E-state index contributed by atoms with van der Waals surface area (Å²) in [5.74, 6) is 0.542. The van der Waals surface area contributed by atoms with Crippen molar-refractivity contribution in [3.05, 3.63) is 65.9 Å². The number of nitrogens with zero attached hydrogens (tertiary/aromatic N) is 1. The van der Waals surface area contributed by atoms with E-state index in [1.165, 1.54) is 0 Å². The fourth-order valence-electron chi connectivity index (χ4n) is 2.59. The molecule has 1 aromatic heterocycles. The Bertz CT molecular complexity index is 905. The molecule has 4 nitrogen and oxygen atoms in total. The number of anilines is 1. The Morgan fingerprint density at radius 3 is 2.76 bits per heavy atom. The maximum atomic E-state index is 12.6. The van der Waals surface area contributed by atoms with Crippen molar-refractivity contribution in [2.45, 2.75) is 33.3 Å². The van der Waals surface area contributed by atoms with Gasteiger partial charge in [0.15, 0.2) is 0 Å². The lowest BCUT2D eigenvalue weighted by atomic mass is 10.1. The van der Waals surface area contributed by atoms with Gasteiger partial charge in [0.25, 0.3) is 5.91 Å². The predicted octanol–water partition coefficient (Wildman–Crippen LogP) is 4.97. The number of nitrogens with one attached hydrogen (secondary N) is 1. The Labute approximate surface area is 147 Å². The quantitative estimate of drug-likeness (QED) is 0.716. The molecular weight excluding hydrogens is 312 g/mol. The van der Waals surface area contributed by atoms with Crippen LogP contribution < -0.4 is 10.1 Å². The number of hydrogen-bond donors (Lipinski definition) is 1. The smallest absolute Gasteiger partial charge is 0.255 e. The van der Waals surface area contributed by atoms with Crippen molar-refractivity contribution in [1.82, 2.24) is 4.98 Å². The molecule has 1 heterocycles. The number of rotatable bonds is 5. The molecule has 0 aliphatic heterocycles. The first-order chi connectivity index (χ1) is 12.1. The summed E-state index contributed by atoms with van der Waals surface area (Å²) in [7, 11) is 0. The van der Waals surface area contributed by atoms with Crippen LogP contribution >= 0.6 is 0 Å². The minimum Gasteiger partial charge on any atom is -0.491 e. The highest BCUT2D eigenvalue weighted by molar-refractivity contribution is 6.08. The molecule has 4 heteroatoms. The van der Waals surface area contributed by atoms with Crippen molar-refractivity contribution < 1.29 is 9.53 Å². The van der Waals surface area contributed by atoms with Gasteiger partial charge in [0, 0.05) is 16.6 Å². The second kappa shape index (κ2) is 7.34. The van der Waals surface area contributed by atoms with Crippen molar-refractivity contribution >= 4 is 22.5 Å². The first-order valence-electron chi connectivity index (χ1n) is 8.51. The summed E-state index contributed by atoms with van der Waals surface area (Å²) in [6.45, 7) is 6.03. The van der Waals surface area contributed by atoms with Gasteiger partial charge in [0.2, 0.25) is 0 Å². The van der Waals surface area contributed by atoms with E-state index >= 15 is 0 Å². The lowest BCUT2D eigenvalue weighted by molar-refractivity contribution is 0.102. The second-order valence-corrected chi connectivity index (χ2v) is 6.14. The standard InChI is InChI=1S/C21H22N2O2/c1-4-15(3)25-17-8-5-7-16(13-17)21(24)23-20-10-6-9-19-18(20)12-11-14(2)22-19/h5-13,15H,4H2,1-3H3,(H,23,24)/t15-/m0/s1. The summed E-state index contributed by atoms with van der Waals surface area (Å²) in [5, 5.41) is 3.91. The number of aryl methyl sites for hydroxylation is 1. The van der Waals surface area contributed by atoms with Crippen molar-refractivity contribution in [2.75, 3.05) is 5.32 Å². The summed E-state index contributed by atoms with van der Waals surface area (Å²) >= 11 is 0. The molecule has 0 spiro atoms. The molecule has 1 atom stereocenters. The molecule has 0 unspecified atom stereocenters. The molecule has 25 heavy (non-hydrogen) atoms. The molecule has 0 radical (unpaired) electrons. The molecular formula is C21H22N2O2. The SMILES string of the molecule is CC[C@H](C)Oc1cccc(C(=O)Nc2cccc3nc(C)ccc23)c1. The number of aromatic nitrogens is 1. The maximum Gasteiger partial charge on any atom is 0.255 e. The second-order valence-electron chi connectivity index (χ2n) is 6.14. The lowest BCUT2D eigenvalue weighted by Crippen LogP contribution is -2.14. The minimum atomic E-state index is -0.164. The number of fused-ring (bicyclic) bond motifs is 1. The van der Waals surface area contributed by atoms with E-state index in [0.29, 0.717) is 11.3 Å². The van der Waals surface area contributed by atoms with Crippen molar-refractivity contribution in [3.63, 3.8) is 0 Å². The zero-order chi connectivity index (χ0) is 17.8. The van der Waals surface area contributed by atoms with Crippen LogP contribution in [0.1, 0.15) is 36.3 Å².